The molecule has 1 unspecified atom stereocenters. The van der Waals surface area contributed by atoms with Gasteiger partial charge in [0.2, 0.25) is 0 Å². The van der Waals surface area contributed by atoms with E-state index in [0.717, 1.165) is 68.3 Å². The smallest absolute Gasteiger partial charge is 0.191 e. The third kappa shape index (κ3) is 7.29. The van der Waals surface area contributed by atoms with Crippen molar-refractivity contribution in [1.29, 1.82) is 0 Å². The van der Waals surface area contributed by atoms with Crippen molar-refractivity contribution in [2.24, 2.45) is 4.99 Å². The Bertz CT molecular complexity index is 815. The number of nitrogens with zero attached hydrogens (tertiary/aromatic N) is 2. The van der Waals surface area contributed by atoms with Gasteiger partial charge in [0.25, 0.3) is 0 Å². The summed E-state index contributed by atoms with van der Waals surface area (Å²) in [6.07, 6.45) is 4.34. The van der Waals surface area contributed by atoms with Crippen LogP contribution in [0.25, 0.3) is 0 Å². The molecule has 0 bridgehead atoms. The van der Waals surface area contributed by atoms with E-state index in [1.807, 2.05) is 6.92 Å². The van der Waals surface area contributed by atoms with Crippen molar-refractivity contribution >= 4 is 17.3 Å². The third-order valence-electron chi connectivity index (χ3n) is 4.93. The van der Waals surface area contributed by atoms with Crippen molar-refractivity contribution in [1.82, 2.24) is 15.6 Å². The largest absolute Gasteiger partial charge is 0.488 e. The van der Waals surface area contributed by atoms with E-state index in [9.17, 15) is 0 Å². The number of aromatic nitrogens is 1. The van der Waals surface area contributed by atoms with E-state index in [-0.39, 0.29) is 6.10 Å². The molecule has 0 saturated carbocycles. The predicted octanol–water partition coefficient (Wildman–Crippen LogP) is 4.01. The Hall–Kier alpha value is -2.12. The van der Waals surface area contributed by atoms with Gasteiger partial charge in [0, 0.05) is 36.1 Å². The molecule has 2 aromatic rings. The van der Waals surface area contributed by atoms with E-state index in [1.165, 1.54) is 10.6 Å². The molecule has 1 saturated heterocycles. The molecule has 0 radical (unpaired) electrons. The van der Waals surface area contributed by atoms with Gasteiger partial charge in [-0.15, -0.1) is 11.3 Å². The van der Waals surface area contributed by atoms with Crippen LogP contribution in [0.3, 0.4) is 0 Å². The van der Waals surface area contributed by atoms with E-state index in [4.69, 9.17) is 14.5 Å². The molecule has 6 nitrogen and oxygen atoms in total. The van der Waals surface area contributed by atoms with Crippen molar-refractivity contribution in [2.45, 2.75) is 59.1 Å². The molecule has 2 N–H and O–H groups in total. The average Bonchev–Trinajstić information content (AvgIpc) is 3.38. The minimum absolute atomic E-state index is 0.141. The number of aryl methyl sites for hydroxylation is 3. The van der Waals surface area contributed by atoms with Gasteiger partial charge in [0.05, 0.1) is 24.8 Å². The summed E-state index contributed by atoms with van der Waals surface area (Å²) in [4.78, 5) is 9.31. The number of aliphatic imine (C=N–C) groups is 1. The van der Waals surface area contributed by atoms with Gasteiger partial charge >= 0.3 is 0 Å². The fourth-order valence-electron chi connectivity index (χ4n) is 3.32. The van der Waals surface area contributed by atoms with Gasteiger partial charge in [-0.2, -0.15) is 0 Å². The fraction of sp³-hybridized carbons (Fsp3) is 0.565. The third-order valence-corrected chi connectivity index (χ3v) is 5.96. The Morgan fingerprint density at radius 1 is 1.30 bits per heavy atom. The Morgan fingerprint density at radius 3 is 2.93 bits per heavy atom. The van der Waals surface area contributed by atoms with Gasteiger partial charge < -0.3 is 20.1 Å². The van der Waals surface area contributed by atoms with Crippen LogP contribution in [-0.4, -0.2) is 43.4 Å². The second-order valence-electron chi connectivity index (χ2n) is 7.68. The Balaban J connectivity index is 1.50. The van der Waals surface area contributed by atoms with Crippen LogP contribution in [0.5, 0.6) is 5.75 Å². The van der Waals surface area contributed by atoms with E-state index in [2.05, 4.69) is 53.0 Å². The molecule has 30 heavy (non-hydrogen) atoms. The zero-order valence-electron chi connectivity index (χ0n) is 18.4. The van der Waals surface area contributed by atoms with Crippen molar-refractivity contribution in [3.8, 4) is 5.75 Å². The van der Waals surface area contributed by atoms with Crippen LogP contribution in [0.4, 0.5) is 0 Å². The van der Waals surface area contributed by atoms with Gasteiger partial charge in [-0.3, -0.25) is 0 Å². The molecule has 3 rings (SSSR count). The van der Waals surface area contributed by atoms with Gasteiger partial charge in [0.15, 0.2) is 5.96 Å². The molecule has 1 aliphatic rings. The summed E-state index contributed by atoms with van der Waals surface area (Å²) in [5, 5.41) is 10.1. The molecule has 2 heterocycles. The first-order chi connectivity index (χ1) is 14.6. The normalized spacial score (nSPS) is 16.6. The van der Waals surface area contributed by atoms with Gasteiger partial charge in [0.1, 0.15) is 11.9 Å². The molecule has 1 aromatic carbocycles. The first-order valence-electron chi connectivity index (χ1n) is 10.9. The van der Waals surface area contributed by atoms with E-state index in [0.29, 0.717) is 13.2 Å². The highest BCUT2D eigenvalue weighted by atomic mass is 32.1. The predicted molar refractivity (Wildman–Crippen MR) is 124 cm³/mol. The fourth-order valence-corrected chi connectivity index (χ4v) is 4.14. The standard InChI is InChI=1S/C23H34N4O2S/c1-4-24-23(25-11-6-5-7-22-27-18(3)16-30-22)26-14-19-9-8-17(2)13-21(19)29-20-10-12-28-15-20/h8-9,13,16,20H,4-7,10-12,14-15H2,1-3H3,(H2,24,25,26). The van der Waals surface area contributed by atoms with Crippen LogP contribution in [-0.2, 0) is 17.7 Å². The number of nitrogens with one attached hydrogen (secondary N) is 2. The lowest BCUT2D eigenvalue weighted by atomic mass is 10.1. The first kappa shape index (κ1) is 22.6. The lowest BCUT2D eigenvalue weighted by Gasteiger charge is -2.16. The van der Waals surface area contributed by atoms with Gasteiger partial charge in [-0.25, -0.2) is 9.98 Å². The van der Waals surface area contributed by atoms with Crippen molar-refractivity contribution < 1.29 is 9.47 Å². The topological polar surface area (TPSA) is 67.8 Å². The van der Waals surface area contributed by atoms with Crippen LogP contribution in [0.1, 0.15) is 48.0 Å². The highest BCUT2D eigenvalue weighted by Crippen LogP contribution is 2.24. The maximum Gasteiger partial charge on any atom is 0.191 e. The molecular weight excluding hydrogens is 396 g/mol. The SMILES string of the molecule is CCNC(=NCc1ccc(C)cc1OC1CCOC1)NCCCCc1nc(C)cs1. The number of thiazole rings is 1. The number of hydrogen-bond donors (Lipinski definition) is 2. The quantitative estimate of drug-likeness (QED) is 0.339. The lowest BCUT2D eigenvalue weighted by molar-refractivity contribution is 0.140. The zero-order chi connectivity index (χ0) is 21.2. The number of unbranched alkanes of at least 4 members (excludes halogenated alkanes) is 1. The number of guanidine groups is 1. The first-order valence-corrected chi connectivity index (χ1v) is 11.8. The molecule has 0 spiro atoms. The summed E-state index contributed by atoms with van der Waals surface area (Å²) < 4.78 is 11.6. The number of hydrogen-bond acceptors (Lipinski definition) is 5. The summed E-state index contributed by atoms with van der Waals surface area (Å²) in [7, 11) is 0. The van der Waals surface area contributed by atoms with Crippen molar-refractivity contribution in [3.63, 3.8) is 0 Å². The summed E-state index contributed by atoms with van der Waals surface area (Å²) in [5.41, 5.74) is 3.41. The van der Waals surface area contributed by atoms with E-state index in [1.54, 1.807) is 11.3 Å². The average molecular weight is 431 g/mol. The monoisotopic (exact) mass is 430 g/mol. The second kappa shape index (κ2) is 11.9. The Kier molecular flexibility index (Phi) is 8.96. The molecule has 164 valence electrons. The number of ether oxygens (including phenoxy) is 2. The van der Waals surface area contributed by atoms with Gasteiger partial charge in [-0.1, -0.05) is 12.1 Å². The lowest BCUT2D eigenvalue weighted by Crippen LogP contribution is -2.37. The molecule has 1 fully saturated rings. The molecule has 0 amide bonds. The Labute approximate surface area is 184 Å². The molecule has 7 heteroatoms. The molecule has 1 aromatic heterocycles. The highest BCUT2D eigenvalue weighted by Gasteiger charge is 2.18. The molecule has 1 aliphatic heterocycles. The van der Waals surface area contributed by atoms with E-state index < -0.39 is 0 Å². The molecule has 1 atom stereocenters. The van der Waals surface area contributed by atoms with E-state index >= 15 is 0 Å². The Morgan fingerprint density at radius 2 is 2.20 bits per heavy atom. The molecular formula is C23H34N4O2S. The maximum absolute atomic E-state index is 6.20. The minimum atomic E-state index is 0.141. The van der Waals surface area contributed by atoms with Crippen LogP contribution in [0.15, 0.2) is 28.6 Å². The van der Waals surface area contributed by atoms with Crippen molar-refractivity contribution in [2.75, 3.05) is 26.3 Å². The van der Waals surface area contributed by atoms with Crippen molar-refractivity contribution in [3.05, 3.63) is 45.4 Å². The summed E-state index contributed by atoms with van der Waals surface area (Å²) >= 11 is 1.75. The van der Waals surface area contributed by atoms with Crippen LogP contribution >= 0.6 is 11.3 Å². The summed E-state index contributed by atoms with van der Waals surface area (Å²) in [5.74, 6) is 1.77. The number of rotatable bonds is 10. The van der Waals surface area contributed by atoms with Crippen LogP contribution in [0.2, 0.25) is 0 Å². The molecule has 0 aliphatic carbocycles. The van der Waals surface area contributed by atoms with Crippen LogP contribution < -0.4 is 15.4 Å². The highest BCUT2D eigenvalue weighted by molar-refractivity contribution is 7.09. The van der Waals surface area contributed by atoms with Gasteiger partial charge in [-0.05, 0) is 51.7 Å². The second-order valence-corrected chi connectivity index (χ2v) is 8.62. The minimum Gasteiger partial charge on any atom is -0.488 e. The zero-order valence-corrected chi connectivity index (χ0v) is 19.2. The summed E-state index contributed by atoms with van der Waals surface area (Å²) in [6, 6.07) is 6.33. The number of benzene rings is 1. The van der Waals surface area contributed by atoms with Crippen LogP contribution in [0, 0.1) is 13.8 Å². The maximum atomic E-state index is 6.20. The summed E-state index contributed by atoms with van der Waals surface area (Å²) in [6.45, 7) is 9.98.